The van der Waals surface area contributed by atoms with E-state index in [1.54, 1.807) is 11.3 Å². The number of carbonyl (C=O) groups excluding carboxylic acids is 1. The molecular weight excluding hydrogens is 391 g/mol. The van der Waals surface area contributed by atoms with E-state index in [1.165, 1.54) is 19.3 Å². The van der Waals surface area contributed by atoms with Crippen molar-refractivity contribution in [2.75, 3.05) is 31.1 Å². The molecule has 3 fully saturated rings. The molecule has 1 amide bonds. The van der Waals surface area contributed by atoms with Crippen molar-refractivity contribution in [1.29, 1.82) is 0 Å². The number of nitrogens with two attached hydrogens (primary N) is 1. The molecule has 0 aromatic carbocycles. The van der Waals surface area contributed by atoms with Crippen molar-refractivity contribution in [3.05, 3.63) is 11.1 Å². The first-order valence-electron chi connectivity index (χ1n) is 9.33. The Morgan fingerprint density at radius 1 is 1.15 bits per heavy atom. The average Bonchev–Trinajstić information content (AvgIpc) is 3.01. The van der Waals surface area contributed by atoms with Gasteiger partial charge in [0.05, 0.1) is 5.69 Å². The standard InChI is InChI=1S/C18H28N4OS.2ClH/c1-12-11-24-18(20-12)22-7-5-21(6-8-22)17(23)15-9-13-3-2-4-14(10-15)16(13)19;;/h11,13-16H,2-10,19H2,1H3;2*1H. The van der Waals surface area contributed by atoms with Crippen molar-refractivity contribution >= 4 is 47.2 Å². The van der Waals surface area contributed by atoms with Crippen molar-refractivity contribution in [2.24, 2.45) is 23.5 Å². The van der Waals surface area contributed by atoms with Gasteiger partial charge in [-0.3, -0.25) is 4.79 Å². The highest BCUT2D eigenvalue weighted by Crippen LogP contribution is 2.42. The van der Waals surface area contributed by atoms with Crippen LogP contribution in [0.25, 0.3) is 0 Å². The molecule has 1 aromatic heterocycles. The second-order valence-electron chi connectivity index (χ2n) is 7.78. The lowest BCUT2D eigenvalue weighted by atomic mass is 9.65. The zero-order valence-electron chi connectivity index (χ0n) is 15.3. The van der Waals surface area contributed by atoms with Crippen LogP contribution in [0.4, 0.5) is 5.13 Å². The molecular formula is C18H30Cl2N4OS. The zero-order valence-corrected chi connectivity index (χ0v) is 17.8. The van der Waals surface area contributed by atoms with E-state index < -0.39 is 0 Å². The molecule has 0 spiro atoms. The Bertz CT molecular complexity index is 592. The van der Waals surface area contributed by atoms with Crippen LogP contribution in [0.15, 0.2) is 5.38 Å². The van der Waals surface area contributed by atoms with Gasteiger partial charge < -0.3 is 15.5 Å². The van der Waals surface area contributed by atoms with E-state index >= 15 is 0 Å². The number of thiazole rings is 1. The lowest BCUT2D eigenvalue weighted by Gasteiger charge is -2.45. The van der Waals surface area contributed by atoms with Crippen molar-refractivity contribution in [3.8, 4) is 0 Å². The summed E-state index contributed by atoms with van der Waals surface area (Å²) >= 11 is 1.70. The number of hydrogen-bond acceptors (Lipinski definition) is 5. The smallest absolute Gasteiger partial charge is 0.225 e. The van der Waals surface area contributed by atoms with Gasteiger partial charge in [0.25, 0.3) is 0 Å². The van der Waals surface area contributed by atoms with E-state index in [0.717, 1.165) is 49.8 Å². The molecule has 26 heavy (non-hydrogen) atoms. The summed E-state index contributed by atoms with van der Waals surface area (Å²) in [5.74, 6) is 1.75. The maximum absolute atomic E-state index is 13.0. The van der Waals surface area contributed by atoms with E-state index in [9.17, 15) is 4.79 Å². The maximum atomic E-state index is 13.0. The van der Waals surface area contributed by atoms with Gasteiger partial charge in [-0.05, 0) is 44.4 Å². The van der Waals surface area contributed by atoms with Crippen LogP contribution >= 0.6 is 36.2 Å². The number of amides is 1. The van der Waals surface area contributed by atoms with Gasteiger partial charge >= 0.3 is 0 Å². The van der Waals surface area contributed by atoms with Crippen LogP contribution in [-0.4, -0.2) is 48.0 Å². The predicted octanol–water partition coefficient (Wildman–Crippen LogP) is 3.10. The monoisotopic (exact) mass is 420 g/mol. The summed E-state index contributed by atoms with van der Waals surface area (Å²) in [5.41, 5.74) is 7.45. The summed E-state index contributed by atoms with van der Waals surface area (Å²) in [7, 11) is 0. The number of aryl methyl sites for hydroxylation is 1. The first-order chi connectivity index (χ1) is 11.6. The SMILES string of the molecule is Cc1csc(N2CCN(C(=O)C3CC4CCCC(C3)C4N)CC2)n1.Cl.Cl. The molecule has 3 aliphatic rings. The van der Waals surface area contributed by atoms with E-state index in [1.807, 2.05) is 6.92 Å². The number of piperazine rings is 1. The summed E-state index contributed by atoms with van der Waals surface area (Å²) in [5, 5.41) is 3.19. The zero-order chi connectivity index (χ0) is 16.7. The molecule has 2 bridgehead atoms. The average molecular weight is 421 g/mol. The number of hydrogen-bond donors (Lipinski definition) is 1. The first kappa shape index (κ1) is 21.7. The minimum absolute atomic E-state index is 0. The minimum Gasteiger partial charge on any atom is -0.345 e. The maximum Gasteiger partial charge on any atom is 0.225 e. The Labute approximate surface area is 172 Å². The molecule has 5 nitrogen and oxygen atoms in total. The number of halogens is 2. The molecule has 148 valence electrons. The van der Waals surface area contributed by atoms with E-state index in [2.05, 4.69) is 20.2 Å². The summed E-state index contributed by atoms with van der Waals surface area (Å²) < 4.78 is 0. The third kappa shape index (κ3) is 4.29. The van der Waals surface area contributed by atoms with Gasteiger partial charge in [0.1, 0.15) is 0 Å². The van der Waals surface area contributed by atoms with Gasteiger partial charge in [0.15, 0.2) is 5.13 Å². The largest absolute Gasteiger partial charge is 0.345 e. The minimum atomic E-state index is 0. The van der Waals surface area contributed by atoms with E-state index in [-0.39, 0.29) is 30.7 Å². The number of carbonyl (C=O) groups is 1. The van der Waals surface area contributed by atoms with Gasteiger partial charge in [-0.15, -0.1) is 36.2 Å². The van der Waals surface area contributed by atoms with Crippen LogP contribution in [0.1, 0.15) is 37.8 Å². The fraction of sp³-hybridized carbons (Fsp3) is 0.778. The van der Waals surface area contributed by atoms with Crippen LogP contribution in [0.2, 0.25) is 0 Å². The highest BCUT2D eigenvalue weighted by atomic mass is 35.5. The van der Waals surface area contributed by atoms with Crippen molar-refractivity contribution in [2.45, 2.75) is 45.1 Å². The van der Waals surface area contributed by atoms with Gasteiger partial charge in [0, 0.05) is 43.5 Å². The second kappa shape index (κ2) is 9.09. The van der Waals surface area contributed by atoms with Gasteiger partial charge in [-0.25, -0.2) is 4.98 Å². The molecule has 2 aliphatic carbocycles. The molecule has 1 aliphatic heterocycles. The van der Waals surface area contributed by atoms with Crippen LogP contribution in [0.3, 0.4) is 0 Å². The van der Waals surface area contributed by atoms with E-state index in [0.29, 0.717) is 23.8 Å². The highest BCUT2D eigenvalue weighted by molar-refractivity contribution is 7.13. The summed E-state index contributed by atoms with van der Waals surface area (Å²) in [6.07, 6.45) is 5.78. The highest BCUT2D eigenvalue weighted by Gasteiger charge is 2.41. The summed E-state index contributed by atoms with van der Waals surface area (Å²) in [6.45, 7) is 5.49. The number of nitrogens with zero attached hydrogens (tertiary/aromatic N) is 3. The lowest BCUT2D eigenvalue weighted by Crippen LogP contribution is -2.53. The molecule has 1 saturated heterocycles. The molecule has 8 heteroatoms. The Kier molecular flexibility index (Phi) is 7.60. The van der Waals surface area contributed by atoms with Crippen molar-refractivity contribution in [3.63, 3.8) is 0 Å². The normalized spacial score (nSPS) is 31.0. The molecule has 2 unspecified atom stereocenters. The molecule has 0 radical (unpaired) electrons. The Hall–Kier alpha value is -0.560. The summed E-state index contributed by atoms with van der Waals surface area (Å²) in [4.78, 5) is 22.0. The van der Waals surface area contributed by atoms with Gasteiger partial charge in [0.2, 0.25) is 5.91 Å². The Morgan fingerprint density at radius 2 is 1.77 bits per heavy atom. The summed E-state index contributed by atoms with van der Waals surface area (Å²) in [6, 6.07) is 0.341. The van der Waals surface area contributed by atoms with Crippen LogP contribution in [0.5, 0.6) is 0 Å². The number of fused-ring (bicyclic) bond motifs is 2. The third-order valence-corrected chi connectivity index (χ3v) is 7.25. The Morgan fingerprint density at radius 3 is 2.31 bits per heavy atom. The van der Waals surface area contributed by atoms with E-state index in [4.69, 9.17) is 5.73 Å². The third-order valence-electron chi connectivity index (χ3n) is 6.23. The Balaban J connectivity index is 0.00000121. The van der Waals surface area contributed by atoms with Crippen LogP contribution < -0.4 is 10.6 Å². The first-order valence-corrected chi connectivity index (χ1v) is 10.2. The molecule has 4 rings (SSSR count). The molecule has 2 saturated carbocycles. The van der Waals surface area contributed by atoms with Crippen molar-refractivity contribution < 1.29 is 4.79 Å². The molecule has 2 atom stereocenters. The molecule has 2 N–H and O–H groups in total. The van der Waals surface area contributed by atoms with Crippen molar-refractivity contribution in [1.82, 2.24) is 9.88 Å². The lowest BCUT2D eigenvalue weighted by molar-refractivity contribution is -0.138. The molecule has 2 heterocycles. The number of anilines is 1. The number of aromatic nitrogens is 1. The predicted molar refractivity (Wildman–Crippen MR) is 112 cm³/mol. The second-order valence-corrected chi connectivity index (χ2v) is 8.62. The number of rotatable bonds is 2. The van der Waals surface area contributed by atoms with Gasteiger partial charge in [-0.1, -0.05) is 6.42 Å². The topological polar surface area (TPSA) is 62.5 Å². The fourth-order valence-corrected chi connectivity index (χ4v) is 5.71. The molecule has 1 aromatic rings. The quantitative estimate of drug-likeness (QED) is 0.797. The van der Waals surface area contributed by atoms with Gasteiger partial charge in [-0.2, -0.15) is 0 Å². The fourth-order valence-electron chi connectivity index (χ4n) is 4.85. The van der Waals surface area contributed by atoms with Crippen LogP contribution in [0, 0.1) is 24.7 Å². The van der Waals surface area contributed by atoms with Crippen LogP contribution in [-0.2, 0) is 4.79 Å².